The number of likely N-dealkylation sites (tertiary alicyclic amines) is 1. The summed E-state index contributed by atoms with van der Waals surface area (Å²) in [4.78, 5) is 31.6. The van der Waals surface area contributed by atoms with Gasteiger partial charge in [-0.05, 0) is 68.1 Å². The van der Waals surface area contributed by atoms with Crippen LogP contribution in [0.1, 0.15) is 30.4 Å². The summed E-state index contributed by atoms with van der Waals surface area (Å²) in [6.45, 7) is 3.43. The van der Waals surface area contributed by atoms with E-state index in [4.69, 9.17) is 14.2 Å². The Balaban J connectivity index is 1.70. The summed E-state index contributed by atoms with van der Waals surface area (Å²) in [5.41, 5.74) is 1.33. The maximum absolute atomic E-state index is 14.1. The molecule has 7 nitrogen and oxygen atoms in total. The lowest BCUT2D eigenvalue weighted by Gasteiger charge is -2.41. The van der Waals surface area contributed by atoms with Crippen molar-refractivity contribution in [1.82, 2.24) is 4.90 Å². The van der Waals surface area contributed by atoms with Crippen LogP contribution in [-0.2, 0) is 27.2 Å². The van der Waals surface area contributed by atoms with Gasteiger partial charge in [-0.2, -0.15) is 0 Å². The molecular formula is C27H34N2O5. The highest BCUT2D eigenvalue weighted by atomic mass is 16.5. The van der Waals surface area contributed by atoms with Gasteiger partial charge in [0.05, 0.1) is 21.3 Å². The van der Waals surface area contributed by atoms with Gasteiger partial charge >= 0.3 is 5.97 Å². The number of esters is 1. The van der Waals surface area contributed by atoms with Gasteiger partial charge in [0.15, 0.2) is 16.9 Å². The van der Waals surface area contributed by atoms with E-state index < -0.39 is 11.4 Å². The van der Waals surface area contributed by atoms with Gasteiger partial charge in [-0.1, -0.05) is 30.7 Å². The molecule has 0 spiro atoms. The third-order valence-electron chi connectivity index (χ3n) is 7.05. The largest absolute Gasteiger partial charge is 0.493 e. The Labute approximate surface area is 201 Å². The highest BCUT2D eigenvalue weighted by Crippen LogP contribution is 2.42. The minimum absolute atomic E-state index is 0.204. The third kappa shape index (κ3) is 4.62. The first-order chi connectivity index (χ1) is 16.5. The normalized spacial score (nSPS) is 20.6. The van der Waals surface area contributed by atoms with Crippen molar-refractivity contribution in [3.05, 3.63) is 53.6 Å². The van der Waals surface area contributed by atoms with E-state index in [0.717, 1.165) is 36.4 Å². The fourth-order valence-corrected chi connectivity index (χ4v) is 5.24. The van der Waals surface area contributed by atoms with E-state index in [1.807, 2.05) is 36.4 Å². The number of carbonyl (C=O) groups is 2. The molecule has 1 saturated heterocycles. The standard InChI is InChI=1S/C27H34N2O5/c1-32-23-12-11-20(17-24(23)33-2)18-27(26(31)34-3)19-21-9-5-6-10-22(21)29(25(27)30)16-15-28-13-7-4-8-14-28/h5-6,9-12,17H,4,7-8,13-16,18-19H2,1-3H3. The molecular weight excluding hydrogens is 432 g/mol. The van der Waals surface area contributed by atoms with Crippen LogP contribution in [0.25, 0.3) is 0 Å². The number of benzene rings is 2. The summed E-state index contributed by atoms with van der Waals surface area (Å²) >= 11 is 0. The number of nitrogens with zero attached hydrogens (tertiary/aromatic N) is 2. The summed E-state index contributed by atoms with van der Waals surface area (Å²) in [5, 5.41) is 0. The van der Waals surface area contributed by atoms with Crippen molar-refractivity contribution in [1.29, 1.82) is 0 Å². The first-order valence-corrected chi connectivity index (χ1v) is 11.9. The first kappa shape index (κ1) is 24.1. The molecule has 34 heavy (non-hydrogen) atoms. The van der Waals surface area contributed by atoms with Crippen LogP contribution in [0, 0.1) is 5.41 Å². The molecule has 182 valence electrons. The topological polar surface area (TPSA) is 68.3 Å². The highest BCUT2D eigenvalue weighted by molar-refractivity contribution is 6.12. The minimum Gasteiger partial charge on any atom is -0.493 e. The molecule has 0 bridgehead atoms. The summed E-state index contributed by atoms with van der Waals surface area (Å²) in [5.74, 6) is 0.446. The molecule has 2 aromatic rings. The minimum atomic E-state index is -1.34. The van der Waals surface area contributed by atoms with Gasteiger partial charge in [0, 0.05) is 18.8 Å². The smallest absolute Gasteiger partial charge is 0.322 e. The molecule has 0 radical (unpaired) electrons. The SMILES string of the molecule is COC(=O)C1(Cc2ccc(OC)c(OC)c2)Cc2ccccc2N(CCN2CCCCC2)C1=O. The lowest BCUT2D eigenvalue weighted by molar-refractivity contribution is -0.158. The molecule has 1 amide bonds. The van der Waals surface area contributed by atoms with Gasteiger partial charge in [-0.3, -0.25) is 9.59 Å². The van der Waals surface area contributed by atoms with Crippen LogP contribution in [0.3, 0.4) is 0 Å². The van der Waals surface area contributed by atoms with Crippen LogP contribution < -0.4 is 14.4 Å². The quantitative estimate of drug-likeness (QED) is 0.438. The lowest BCUT2D eigenvalue weighted by atomic mass is 9.72. The molecule has 0 saturated carbocycles. The van der Waals surface area contributed by atoms with Crippen molar-refractivity contribution >= 4 is 17.6 Å². The van der Waals surface area contributed by atoms with E-state index in [-0.39, 0.29) is 12.3 Å². The van der Waals surface area contributed by atoms with Crippen LogP contribution in [0.15, 0.2) is 42.5 Å². The van der Waals surface area contributed by atoms with E-state index in [9.17, 15) is 9.59 Å². The maximum atomic E-state index is 14.1. The molecule has 0 N–H and O–H groups in total. The van der Waals surface area contributed by atoms with Gasteiger partial charge in [-0.25, -0.2) is 0 Å². The molecule has 2 aliphatic rings. The Morgan fingerprint density at radius 1 is 0.941 bits per heavy atom. The zero-order valence-electron chi connectivity index (χ0n) is 20.3. The van der Waals surface area contributed by atoms with E-state index in [1.54, 1.807) is 25.2 Å². The molecule has 0 aliphatic carbocycles. The number of rotatable bonds is 8. The molecule has 4 rings (SSSR count). The van der Waals surface area contributed by atoms with Crippen molar-refractivity contribution in [2.45, 2.75) is 32.1 Å². The predicted molar refractivity (Wildman–Crippen MR) is 130 cm³/mol. The summed E-state index contributed by atoms with van der Waals surface area (Å²) in [7, 11) is 4.50. The van der Waals surface area contributed by atoms with Crippen LogP contribution in [0.2, 0.25) is 0 Å². The van der Waals surface area contributed by atoms with Crippen LogP contribution in [-0.4, -0.2) is 64.3 Å². The van der Waals surface area contributed by atoms with E-state index in [1.165, 1.54) is 26.4 Å². The number of piperidine rings is 1. The Kier molecular flexibility index (Phi) is 7.41. The number of ether oxygens (including phenoxy) is 3. The maximum Gasteiger partial charge on any atom is 0.322 e. The summed E-state index contributed by atoms with van der Waals surface area (Å²) in [6, 6.07) is 13.4. The number of methoxy groups -OCH3 is 3. The van der Waals surface area contributed by atoms with Gasteiger partial charge in [0.2, 0.25) is 5.91 Å². The fraction of sp³-hybridized carbons (Fsp3) is 0.481. The number of carbonyl (C=O) groups excluding carboxylic acids is 2. The average Bonchev–Trinajstić information content (AvgIpc) is 2.88. The molecule has 1 atom stereocenters. The number of anilines is 1. The summed E-state index contributed by atoms with van der Waals surface area (Å²) in [6.07, 6.45) is 4.15. The predicted octanol–water partition coefficient (Wildman–Crippen LogP) is 3.48. The van der Waals surface area contributed by atoms with Crippen molar-refractivity contribution in [2.75, 3.05) is 52.4 Å². The second kappa shape index (κ2) is 10.5. The molecule has 2 aliphatic heterocycles. The average molecular weight is 467 g/mol. The Bertz CT molecular complexity index is 1030. The van der Waals surface area contributed by atoms with Crippen LogP contribution in [0.4, 0.5) is 5.69 Å². The second-order valence-corrected chi connectivity index (χ2v) is 9.10. The van der Waals surface area contributed by atoms with Crippen molar-refractivity contribution < 1.29 is 23.8 Å². The van der Waals surface area contributed by atoms with Gasteiger partial charge in [0.25, 0.3) is 0 Å². The molecule has 1 unspecified atom stereocenters. The Hall–Kier alpha value is -3.06. The van der Waals surface area contributed by atoms with Crippen molar-refractivity contribution in [2.24, 2.45) is 5.41 Å². The third-order valence-corrected chi connectivity index (χ3v) is 7.05. The molecule has 2 heterocycles. The molecule has 0 aromatic heterocycles. The zero-order chi connectivity index (χ0) is 24.1. The number of amides is 1. The number of para-hydroxylation sites is 1. The van der Waals surface area contributed by atoms with E-state index >= 15 is 0 Å². The number of hydrogen-bond acceptors (Lipinski definition) is 6. The Morgan fingerprint density at radius 2 is 1.68 bits per heavy atom. The second-order valence-electron chi connectivity index (χ2n) is 9.10. The zero-order valence-corrected chi connectivity index (χ0v) is 20.3. The van der Waals surface area contributed by atoms with Crippen LogP contribution >= 0.6 is 0 Å². The highest BCUT2D eigenvalue weighted by Gasteiger charge is 2.52. The number of hydrogen-bond donors (Lipinski definition) is 0. The molecule has 1 fully saturated rings. The molecule has 2 aromatic carbocycles. The van der Waals surface area contributed by atoms with Crippen LogP contribution in [0.5, 0.6) is 11.5 Å². The monoisotopic (exact) mass is 466 g/mol. The van der Waals surface area contributed by atoms with E-state index in [0.29, 0.717) is 24.5 Å². The van der Waals surface area contributed by atoms with Crippen molar-refractivity contribution in [3.8, 4) is 11.5 Å². The van der Waals surface area contributed by atoms with Crippen molar-refractivity contribution in [3.63, 3.8) is 0 Å². The van der Waals surface area contributed by atoms with E-state index in [2.05, 4.69) is 4.90 Å². The van der Waals surface area contributed by atoms with Gasteiger partial charge < -0.3 is 24.0 Å². The van der Waals surface area contributed by atoms with Gasteiger partial charge in [-0.15, -0.1) is 0 Å². The molecule has 7 heteroatoms. The number of fused-ring (bicyclic) bond motifs is 1. The van der Waals surface area contributed by atoms with Gasteiger partial charge in [0.1, 0.15) is 0 Å². The summed E-state index contributed by atoms with van der Waals surface area (Å²) < 4.78 is 16.0. The fourth-order valence-electron chi connectivity index (χ4n) is 5.24. The Morgan fingerprint density at radius 3 is 2.38 bits per heavy atom. The first-order valence-electron chi connectivity index (χ1n) is 11.9. The lowest BCUT2D eigenvalue weighted by Crippen LogP contribution is -2.56.